The molecule has 0 saturated heterocycles. The van der Waals surface area contributed by atoms with Crippen molar-refractivity contribution in [2.45, 2.75) is 6.54 Å². The van der Waals surface area contributed by atoms with Crippen molar-refractivity contribution in [3.63, 3.8) is 0 Å². The summed E-state index contributed by atoms with van der Waals surface area (Å²) in [5.41, 5.74) is 1.86. The molecule has 0 fully saturated rings. The van der Waals surface area contributed by atoms with Crippen molar-refractivity contribution in [3.05, 3.63) is 71.0 Å². The summed E-state index contributed by atoms with van der Waals surface area (Å²) < 4.78 is 0. The maximum atomic E-state index is 12.0. The van der Waals surface area contributed by atoms with Gasteiger partial charge in [0, 0.05) is 30.0 Å². The van der Waals surface area contributed by atoms with Crippen molar-refractivity contribution < 1.29 is 4.79 Å². The zero-order chi connectivity index (χ0) is 17.5. The molecule has 3 rings (SSSR count). The minimum absolute atomic E-state index is 0.295. The average Bonchev–Trinajstić information content (AvgIpc) is 3.07. The Balaban J connectivity index is 1.54. The van der Waals surface area contributed by atoms with Gasteiger partial charge in [0.15, 0.2) is 0 Å². The number of carbonyl (C=O) groups excluding carboxylic acids is 1. The second-order valence-electron chi connectivity index (χ2n) is 4.97. The lowest BCUT2D eigenvalue weighted by atomic mass is 10.2. The van der Waals surface area contributed by atoms with Crippen LogP contribution in [0.4, 0.5) is 10.3 Å². The number of halogens is 1. The van der Waals surface area contributed by atoms with Crippen LogP contribution in [0.5, 0.6) is 0 Å². The number of nitrogens with one attached hydrogen (secondary N) is 2. The third-order valence-corrected chi connectivity index (χ3v) is 4.31. The Morgan fingerprint density at radius 1 is 1.12 bits per heavy atom. The van der Waals surface area contributed by atoms with Crippen LogP contribution in [0.1, 0.15) is 11.1 Å². The minimum Gasteiger partial charge on any atom is -0.356 e. The van der Waals surface area contributed by atoms with Gasteiger partial charge < -0.3 is 5.32 Å². The van der Waals surface area contributed by atoms with E-state index in [0.29, 0.717) is 21.8 Å². The number of amides is 1. The molecule has 2 N–H and O–H groups in total. The molecule has 0 saturated carbocycles. The van der Waals surface area contributed by atoms with Gasteiger partial charge in [-0.3, -0.25) is 15.1 Å². The highest BCUT2D eigenvalue weighted by Gasteiger charge is 2.06. The highest BCUT2D eigenvalue weighted by molar-refractivity contribution is 7.19. The van der Waals surface area contributed by atoms with Crippen LogP contribution >= 0.6 is 22.9 Å². The number of rotatable bonds is 6. The van der Waals surface area contributed by atoms with E-state index in [0.717, 1.165) is 11.1 Å². The first-order chi connectivity index (χ1) is 12.2. The Labute approximate surface area is 153 Å². The van der Waals surface area contributed by atoms with E-state index in [1.807, 2.05) is 30.3 Å². The fourth-order valence-corrected chi connectivity index (χ4v) is 2.79. The van der Waals surface area contributed by atoms with E-state index in [1.54, 1.807) is 24.5 Å². The highest BCUT2D eigenvalue weighted by Crippen LogP contribution is 2.21. The monoisotopic (exact) mass is 371 g/mol. The Morgan fingerprint density at radius 2 is 1.88 bits per heavy atom. The molecule has 0 atom stereocenters. The first kappa shape index (κ1) is 17.1. The second kappa shape index (κ2) is 8.36. The maximum Gasteiger partial charge on any atom is 0.250 e. The Bertz CT molecular complexity index is 882. The van der Waals surface area contributed by atoms with Crippen LogP contribution in [0.2, 0.25) is 5.02 Å². The third kappa shape index (κ3) is 5.10. The summed E-state index contributed by atoms with van der Waals surface area (Å²) in [5, 5.41) is 15.4. The van der Waals surface area contributed by atoms with E-state index < -0.39 is 0 Å². The summed E-state index contributed by atoms with van der Waals surface area (Å²) in [6.45, 7) is 0.609. The van der Waals surface area contributed by atoms with Crippen molar-refractivity contribution in [2.75, 3.05) is 10.6 Å². The van der Waals surface area contributed by atoms with Crippen LogP contribution in [0, 0.1) is 0 Å². The standard InChI is InChI=1S/C17H14ClN5OS/c18-14-4-2-1-3-13(14)5-6-15(24)21-17-23-22-16(25-17)20-11-12-7-9-19-10-8-12/h1-10H,11H2,(H,20,22)(H,21,23,24)/b6-5+. The molecule has 2 heterocycles. The zero-order valence-electron chi connectivity index (χ0n) is 13.0. The number of nitrogens with zero attached hydrogens (tertiary/aromatic N) is 3. The van der Waals surface area contributed by atoms with Gasteiger partial charge in [0.05, 0.1) is 0 Å². The van der Waals surface area contributed by atoms with Crippen molar-refractivity contribution in [2.24, 2.45) is 0 Å². The molecule has 0 unspecified atom stereocenters. The summed E-state index contributed by atoms with van der Waals surface area (Å²) in [5.74, 6) is -0.295. The minimum atomic E-state index is -0.295. The van der Waals surface area contributed by atoms with Gasteiger partial charge in [0.25, 0.3) is 0 Å². The van der Waals surface area contributed by atoms with Crippen molar-refractivity contribution in [1.29, 1.82) is 0 Å². The maximum absolute atomic E-state index is 12.0. The average molecular weight is 372 g/mol. The third-order valence-electron chi connectivity index (χ3n) is 3.17. The molecular formula is C17H14ClN5OS. The van der Waals surface area contributed by atoms with Crippen LogP contribution in [0.25, 0.3) is 6.08 Å². The Kier molecular flexibility index (Phi) is 5.71. The number of hydrogen-bond acceptors (Lipinski definition) is 6. The quantitative estimate of drug-likeness (QED) is 0.643. The molecule has 126 valence electrons. The molecule has 2 aromatic heterocycles. The Hall–Kier alpha value is -2.77. The molecule has 3 aromatic rings. The van der Waals surface area contributed by atoms with Gasteiger partial charge >= 0.3 is 0 Å². The van der Waals surface area contributed by atoms with E-state index >= 15 is 0 Å². The molecule has 1 aromatic carbocycles. The second-order valence-corrected chi connectivity index (χ2v) is 6.35. The van der Waals surface area contributed by atoms with E-state index in [4.69, 9.17) is 11.6 Å². The number of carbonyl (C=O) groups is 1. The molecule has 0 aliphatic heterocycles. The molecule has 0 aliphatic carbocycles. The zero-order valence-corrected chi connectivity index (χ0v) is 14.6. The van der Waals surface area contributed by atoms with Gasteiger partial charge in [0.2, 0.25) is 16.2 Å². The van der Waals surface area contributed by atoms with E-state index in [9.17, 15) is 4.79 Å². The SMILES string of the molecule is O=C(/C=C/c1ccccc1Cl)Nc1nnc(NCc2ccncc2)s1. The van der Waals surface area contributed by atoms with Gasteiger partial charge in [0.1, 0.15) is 0 Å². The van der Waals surface area contributed by atoms with Crippen LogP contribution in [-0.4, -0.2) is 21.1 Å². The van der Waals surface area contributed by atoms with Crippen LogP contribution in [0.15, 0.2) is 54.9 Å². The van der Waals surface area contributed by atoms with E-state index in [2.05, 4.69) is 25.8 Å². The molecule has 0 aliphatic rings. The number of hydrogen-bond donors (Lipinski definition) is 2. The van der Waals surface area contributed by atoms with Gasteiger partial charge in [-0.2, -0.15) is 0 Å². The van der Waals surface area contributed by atoms with Gasteiger partial charge in [-0.05, 0) is 35.4 Å². The summed E-state index contributed by atoms with van der Waals surface area (Å²) in [4.78, 5) is 15.9. The van der Waals surface area contributed by atoms with Crippen LogP contribution in [-0.2, 0) is 11.3 Å². The number of pyridine rings is 1. The predicted octanol–water partition coefficient (Wildman–Crippen LogP) is 3.85. The number of aromatic nitrogens is 3. The van der Waals surface area contributed by atoms with Crippen molar-refractivity contribution in [3.8, 4) is 0 Å². The molecular weight excluding hydrogens is 358 g/mol. The lowest BCUT2D eigenvalue weighted by molar-refractivity contribution is -0.111. The largest absolute Gasteiger partial charge is 0.356 e. The van der Waals surface area contributed by atoms with E-state index in [1.165, 1.54) is 17.4 Å². The molecule has 0 bridgehead atoms. The van der Waals surface area contributed by atoms with Gasteiger partial charge in [-0.15, -0.1) is 10.2 Å². The van der Waals surface area contributed by atoms with Gasteiger partial charge in [-0.25, -0.2) is 0 Å². The molecule has 0 radical (unpaired) electrons. The topological polar surface area (TPSA) is 79.8 Å². The first-order valence-electron chi connectivity index (χ1n) is 7.40. The number of benzene rings is 1. The Morgan fingerprint density at radius 3 is 2.68 bits per heavy atom. The van der Waals surface area contributed by atoms with Crippen molar-refractivity contribution in [1.82, 2.24) is 15.2 Å². The summed E-state index contributed by atoms with van der Waals surface area (Å²) in [6, 6.07) is 11.1. The van der Waals surface area contributed by atoms with Crippen molar-refractivity contribution >= 4 is 45.2 Å². The molecule has 0 spiro atoms. The fourth-order valence-electron chi connectivity index (χ4n) is 1.95. The highest BCUT2D eigenvalue weighted by atomic mass is 35.5. The lowest BCUT2D eigenvalue weighted by Gasteiger charge is -2.00. The van der Waals surface area contributed by atoms with Crippen LogP contribution < -0.4 is 10.6 Å². The smallest absolute Gasteiger partial charge is 0.250 e. The summed E-state index contributed by atoms with van der Waals surface area (Å²) >= 11 is 7.31. The first-order valence-corrected chi connectivity index (χ1v) is 8.60. The normalized spacial score (nSPS) is 10.8. The fraction of sp³-hybridized carbons (Fsp3) is 0.0588. The van der Waals surface area contributed by atoms with Gasteiger partial charge in [-0.1, -0.05) is 41.1 Å². The van der Waals surface area contributed by atoms with Crippen LogP contribution in [0.3, 0.4) is 0 Å². The predicted molar refractivity (Wildman–Crippen MR) is 101 cm³/mol. The lowest BCUT2D eigenvalue weighted by Crippen LogP contribution is -2.07. The van der Waals surface area contributed by atoms with E-state index in [-0.39, 0.29) is 5.91 Å². The summed E-state index contributed by atoms with van der Waals surface area (Å²) in [7, 11) is 0. The molecule has 25 heavy (non-hydrogen) atoms. The molecule has 1 amide bonds. The number of anilines is 2. The molecule has 8 heteroatoms. The summed E-state index contributed by atoms with van der Waals surface area (Å²) in [6.07, 6.45) is 6.52. The molecule has 6 nitrogen and oxygen atoms in total.